The number of carboxylic acid groups (broad SMARTS) is 1. The van der Waals surface area contributed by atoms with Crippen LogP contribution < -0.4 is 5.73 Å². The number of hydrogen-bond donors (Lipinski definition) is 2. The molecule has 0 fully saturated rings. The van der Waals surface area contributed by atoms with Gasteiger partial charge in [0, 0.05) is 0 Å². The Labute approximate surface area is 84.5 Å². The summed E-state index contributed by atoms with van der Waals surface area (Å²) in [4.78, 5) is 14.2. The molecule has 0 unspecified atom stereocenters. The zero-order valence-corrected chi connectivity index (χ0v) is 8.10. The van der Waals surface area contributed by atoms with Gasteiger partial charge in [-0.3, -0.25) is 0 Å². The largest absolute Gasteiger partial charge is 0.476 e. The molecule has 3 N–H and O–H groups in total. The molecule has 0 saturated heterocycles. The number of carboxylic acids is 1. The van der Waals surface area contributed by atoms with Crippen LogP contribution in [0.2, 0.25) is 5.02 Å². The van der Waals surface area contributed by atoms with Crippen LogP contribution in [0.1, 0.15) is 23.1 Å². The molecule has 1 aromatic rings. The van der Waals surface area contributed by atoms with E-state index in [-0.39, 0.29) is 22.8 Å². The molecule has 0 amide bonds. The van der Waals surface area contributed by atoms with Gasteiger partial charge in [-0.15, -0.1) is 0 Å². The number of aryl methyl sites for hydroxylation is 1. The van der Waals surface area contributed by atoms with Crippen LogP contribution in [0.15, 0.2) is 0 Å². The first-order valence-corrected chi connectivity index (χ1v) is 4.23. The number of nitrogens with two attached hydrogens (primary N) is 1. The number of nitrogens with zero attached hydrogens (tertiary/aromatic N) is 1. The predicted octanol–water partition coefficient (Wildman–Crippen LogP) is 1.72. The minimum absolute atomic E-state index is 0.00398. The molecule has 0 aliphatic heterocycles. The summed E-state index contributed by atoms with van der Waals surface area (Å²) in [5, 5.41) is 8.32. The lowest BCUT2D eigenvalue weighted by Gasteiger charge is -2.06. The number of aromatic carboxylic acids is 1. The lowest BCUT2D eigenvalue weighted by Crippen LogP contribution is -2.09. The van der Waals surface area contributed by atoms with Crippen LogP contribution in [-0.4, -0.2) is 16.1 Å². The van der Waals surface area contributed by atoms with E-state index >= 15 is 0 Å². The molecule has 0 atom stereocenters. The maximum atomic E-state index is 13.2. The lowest BCUT2D eigenvalue weighted by molar-refractivity contribution is 0.0690. The summed E-state index contributed by atoms with van der Waals surface area (Å²) in [6, 6.07) is 0. The molecule has 4 nitrogen and oxygen atoms in total. The summed E-state index contributed by atoms with van der Waals surface area (Å²) >= 11 is 5.51. The monoisotopic (exact) mass is 218 g/mol. The van der Waals surface area contributed by atoms with Gasteiger partial charge in [0.25, 0.3) is 0 Å². The third-order valence-corrected chi connectivity index (χ3v) is 2.10. The number of hydrogen-bond acceptors (Lipinski definition) is 3. The van der Waals surface area contributed by atoms with Crippen molar-refractivity contribution in [3.8, 4) is 0 Å². The summed E-state index contributed by atoms with van der Waals surface area (Å²) in [5.41, 5.74) is 4.51. The van der Waals surface area contributed by atoms with Crippen LogP contribution in [-0.2, 0) is 6.42 Å². The fourth-order valence-corrected chi connectivity index (χ4v) is 1.19. The van der Waals surface area contributed by atoms with Crippen LogP contribution in [0.4, 0.5) is 10.1 Å². The van der Waals surface area contributed by atoms with Crippen molar-refractivity contribution in [1.82, 2.24) is 4.98 Å². The first-order valence-electron chi connectivity index (χ1n) is 3.85. The normalized spacial score (nSPS) is 10.2. The molecule has 14 heavy (non-hydrogen) atoms. The quantitative estimate of drug-likeness (QED) is 0.793. The summed E-state index contributed by atoms with van der Waals surface area (Å²) in [6.45, 7) is 1.64. The molecule has 0 bridgehead atoms. The second kappa shape index (κ2) is 3.79. The van der Waals surface area contributed by atoms with E-state index in [1.54, 1.807) is 6.92 Å². The van der Waals surface area contributed by atoms with Crippen LogP contribution in [0.5, 0.6) is 0 Å². The Morgan fingerprint density at radius 2 is 2.29 bits per heavy atom. The smallest absolute Gasteiger partial charge is 0.356 e. The molecule has 0 saturated carbocycles. The van der Waals surface area contributed by atoms with Crippen molar-refractivity contribution in [2.45, 2.75) is 13.3 Å². The number of aromatic nitrogens is 1. The van der Waals surface area contributed by atoms with Crippen molar-refractivity contribution >= 4 is 23.3 Å². The standard InChI is InChI=1S/C8H8ClFN2O2/c1-2-3-5(10)6(11)4(9)7(12-3)8(13)14/h2H2,1H3,(H2,11,12)(H,13,14). The molecule has 0 aliphatic carbocycles. The van der Waals surface area contributed by atoms with Crippen molar-refractivity contribution in [3.63, 3.8) is 0 Å². The van der Waals surface area contributed by atoms with Gasteiger partial charge in [-0.25, -0.2) is 14.2 Å². The summed E-state index contributed by atoms with van der Waals surface area (Å²) < 4.78 is 13.2. The molecule has 76 valence electrons. The molecular formula is C8H8ClFN2O2. The molecule has 1 aromatic heterocycles. The predicted molar refractivity (Wildman–Crippen MR) is 50.0 cm³/mol. The van der Waals surface area contributed by atoms with Gasteiger partial charge in [0.05, 0.1) is 16.4 Å². The third-order valence-electron chi connectivity index (χ3n) is 1.72. The van der Waals surface area contributed by atoms with E-state index in [4.69, 9.17) is 22.4 Å². The van der Waals surface area contributed by atoms with E-state index in [2.05, 4.69) is 4.98 Å². The topological polar surface area (TPSA) is 76.2 Å². The van der Waals surface area contributed by atoms with E-state index in [0.29, 0.717) is 0 Å². The van der Waals surface area contributed by atoms with Gasteiger partial charge < -0.3 is 10.8 Å². The number of anilines is 1. The van der Waals surface area contributed by atoms with Crippen molar-refractivity contribution < 1.29 is 14.3 Å². The first kappa shape index (κ1) is 10.7. The average Bonchev–Trinajstić information content (AvgIpc) is 2.14. The minimum Gasteiger partial charge on any atom is -0.476 e. The van der Waals surface area contributed by atoms with Gasteiger partial charge in [0.1, 0.15) is 0 Å². The maximum absolute atomic E-state index is 13.2. The first-order chi connectivity index (χ1) is 6.49. The Morgan fingerprint density at radius 3 is 2.71 bits per heavy atom. The highest BCUT2D eigenvalue weighted by molar-refractivity contribution is 6.35. The fourth-order valence-electron chi connectivity index (χ4n) is 0.988. The Hall–Kier alpha value is -1.36. The van der Waals surface area contributed by atoms with Crippen molar-refractivity contribution in [3.05, 3.63) is 22.2 Å². The Morgan fingerprint density at radius 1 is 1.71 bits per heavy atom. The van der Waals surface area contributed by atoms with Crippen LogP contribution >= 0.6 is 11.6 Å². The van der Waals surface area contributed by atoms with E-state index < -0.39 is 17.5 Å². The van der Waals surface area contributed by atoms with E-state index in [1.807, 2.05) is 0 Å². The zero-order chi connectivity index (χ0) is 10.9. The SMILES string of the molecule is CCc1nc(C(=O)O)c(Cl)c(N)c1F. The molecule has 1 rings (SSSR count). The molecule has 0 spiro atoms. The number of carbonyl (C=O) groups is 1. The number of rotatable bonds is 2. The fraction of sp³-hybridized carbons (Fsp3) is 0.250. The highest BCUT2D eigenvalue weighted by atomic mass is 35.5. The second-order valence-corrected chi connectivity index (χ2v) is 2.99. The van der Waals surface area contributed by atoms with Gasteiger partial charge in [0.15, 0.2) is 11.5 Å². The molecular weight excluding hydrogens is 211 g/mol. The van der Waals surface area contributed by atoms with Gasteiger partial charge in [-0.2, -0.15) is 0 Å². The van der Waals surface area contributed by atoms with E-state index in [9.17, 15) is 9.18 Å². The highest BCUT2D eigenvalue weighted by Gasteiger charge is 2.19. The molecule has 0 radical (unpaired) electrons. The summed E-state index contributed by atoms with van der Waals surface area (Å²) in [6.07, 6.45) is 0.257. The average molecular weight is 219 g/mol. The van der Waals surface area contributed by atoms with Crippen molar-refractivity contribution in [2.75, 3.05) is 5.73 Å². The van der Waals surface area contributed by atoms with Crippen LogP contribution in [0, 0.1) is 5.82 Å². The van der Waals surface area contributed by atoms with E-state index in [1.165, 1.54) is 0 Å². The number of halogens is 2. The molecule has 6 heteroatoms. The van der Waals surface area contributed by atoms with Gasteiger partial charge in [-0.05, 0) is 6.42 Å². The molecule has 0 aliphatic rings. The lowest BCUT2D eigenvalue weighted by atomic mass is 10.2. The summed E-state index contributed by atoms with van der Waals surface area (Å²) in [5.74, 6) is -2.07. The third kappa shape index (κ3) is 1.63. The Bertz CT molecular complexity index is 395. The molecule has 0 aromatic carbocycles. The maximum Gasteiger partial charge on any atom is 0.356 e. The Kier molecular flexibility index (Phi) is 2.90. The van der Waals surface area contributed by atoms with Gasteiger partial charge in [-0.1, -0.05) is 18.5 Å². The second-order valence-electron chi connectivity index (χ2n) is 2.61. The number of pyridine rings is 1. The van der Waals surface area contributed by atoms with Gasteiger partial charge in [0.2, 0.25) is 0 Å². The van der Waals surface area contributed by atoms with Crippen LogP contribution in [0.3, 0.4) is 0 Å². The van der Waals surface area contributed by atoms with Crippen molar-refractivity contribution in [1.29, 1.82) is 0 Å². The highest BCUT2D eigenvalue weighted by Crippen LogP contribution is 2.26. The van der Waals surface area contributed by atoms with E-state index in [0.717, 1.165) is 0 Å². The van der Waals surface area contributed by atoms with Gasteiger partial charge >= 0.3 is 5.97 Å². The summed E-state index contributed by atoms with van der Waals surface area (Å²) in [7, 11) is 0. The Balaban J connectivity index is 3.48. The molecule has 1 heterocycles. The van der Waals surface area contributed by atoms with Crippen molar-refractivity contribution in [2.24, 2.45) is 0 Å². The minimum atomic E-state index is -1.32. The van der Waals surface area contributed by atoms with Crippen LogP contribution in [0.25, 0.3) is 0 Å². The number of nitrogen functional groups attached to an aromatic ring is 1. The zero-order valence-electron chi connectivity index (χ0n) is 7.34.